The molecule has 1 atom stereocenters. The maximum Gasteiger partial charge on any atom is 0.242 e. The lowest BCUT2D eigenvalue weighted by Gasteiger charge is -2.31. The van der Waals surface area contributed by atoms with E-state index in [1.165, 1.54) is 12.0 Å². The highest BCUT2D eigenvalue weighted by Crippen LogP contribution is 2.22. The Morgan fingerprint density at radius 3 is 2.53 bits per heavy atom. The van der Waals surface area contributed by atoms with Crippen molar-refractivity contribution in [2.24, 2.45) is 0 Å². The molecule has 6 heteroatoms. The van der Waals surface area contributed by atoms with Crippen LogP contribution in [0, 0.1) is 6.92 Å². The molecule has 3 rings (SSSR count). The molecular weight excluding hydrogens is 440 g/mol. The van der Waals surface area contributed by atoms with Crippen LogP contribution in [-0.4, -0.2) is 34.6 Å². The first-order valence-corrected chi connectivity index (χ1v) is 12.8. The van der Waals surface area contributed by atoms with Crippen LogP contribution < -0.4 is 5.32 Å². The molecule has 1 fully saturated rings. The van der Waals surface area contributed by atoms with Gasteiger partial charge in [0.15, 0.2) is 0 Å². The average Bonchev–Trinajstić information content (AvgIpc) is 2.79. The number of hydrogen-bond donors (Lipinski definition) is 1. The van der Waals surface area contributed by atoms with E-state index in [-0.39, 0.29) is 17.9 Å². The van der Waals surface area contributed by atoms with E-state index < -0.39 is 6.04 Å². The highest BCUT2D eigenvalue weighted by molar-refractivity contribution is 7.99. The predicted octanol–water partition coefficient (Wildman–Crippen LogP) is 6.00. The number of thioether (sulfide) groups is 1. The van der Waals surface area contributed by atoms with Gasteiger partial charge in [-0.1, -0.05) is 60.7 Å². The Balaban J connectivity index is 1.64. The summed E-state index contributed by atoms with van der Waals surface area (Å²) >= 11 is 7.82. The van der Waals surface area contributed by atoms with Gasteiger partial charge in [0.05, 0.1) is 0 Å². The van der Waals surface area contributed by atoms with Crippen molar-refractivity contribution in [1.29, 1.82) is 0 Å². The molecule has 1 N–H and O–H groups in total. The molecule has 0 saturated heterocycles. The lowest BCUT2D eigenvalue weighted by Crippen LogP contribution is -2.50. The zero-order valence-electron chi connectivity index (χ0n) is 19.0. The van der Waals surface area contributed by atoms with E-state index in [0.29, 0.717) is 23.7 Å². The van der Waals surface area contributed by atoms with Crippen LogP contribution in [0.1, 0.15) is 56.6 Å². The number of halogens is 1. The van der Waals surface area contributed by atoms with Crippen molar-refractivity contribution < 1.29 is 9.59 Å². The quantitative estimate of drug-likeness (QED) is 0.455. The van der Waals surface area contributed by atoms with Gasteiger partial charge in [-0.3, -0.25) is 9.59 Å². The zero-order valence-corrected chi connectivity index (χ0v) is 20.6. The summed E-state index contributed by atoms with van der Waals surface area (Å²) in [5, 5.41) is 3.80. The minimum atomic E-state index is -0.534. The molecule has 0 radical (unpaired) electrons. The number of aryl methyl sites for hydroxylation is 1. The number of benzene rings is 2. The minimum Gasteiger partial charge on any atom is -0.352 e. The SMILES string of the molecule is Cc1ccc(SCCC(=O)N(Cc2cccc(Cl)c2)[C@H](C)C(=O)NC2CCCCC2)cc1. The molecule has 172 valence electrons. The summed E-state index contributed by atoms with van der Waals surface area (Å²) in [6.45, 7) is 4.26. The fourth-order valence-electron chi connectivity index (χ4n) is 4.02. The number of carbonyl (C=O) groups is 2. The predicted molar refractivity (Wildman–Crippen MR) is 133 cm³/mol. The number of amides is 2. The van der Waals surface area contributed by atoms with Gasteiger partial charge >= 0.3 is 0 Å². The second kappa shape index (κ2) is 12.3. The van der Waals surface area contributed by atoms with E-state index in [1.54, 1.807) is 16.7 Å². The average molecular weight is 473 g/mol. The maximum atomic E-state index is 13.2. The van der Waals surface area contributed by atoms with Crippen molar-refractivity contribution in [2.75, 3.05) is 5.75 Å². The van der Waals surface area contributed by atoms with E-state index >= 15 is 0 Å². The van der Waals surface area contributed by atoms with Gasteiger partial charge in [0.2, 0.25) is 11.8 Å². The third kappa shape index (κ3) is 7.56. The van der Waals surface area contributed by atoms with Crippen LogP contribution in [0.4, 0.5) is 0 Å². The fraction of sp³-hybridized carbons (Fsp3) is 0.462. The Bertz CT molecular complexity index is 897. The molecule has 2 amide bonds. The van der Waals surface area contributed by atoms with Crippen LogP contribution in [0.25, 0.3) is 0 Å². The first kappa shape index (κ1) is 24.7. The lowest BCUT2D eigenvalue weighted by atomic mass is 9.95. The van der Waals surface area contributed by atoms with E-state index in [2.05, 4.69) is 36.5 Å². The zero-order chi connectivity index (χ0) is 22.9. The number of nitrogens with one attached hydrogen (secondary N) is 1. The number of carbonyl (C=O) groups excluding carboxylic acids is 2. The summed E-state index contributed by atoms with van der Waals surface area (Å²) in [5.41, 5.74) is 2.14. The van der Waals surface area contributed by atoms with E-state index in [0.717, 1.165) is 36.1 Å². The Morgan fingerprint density at radius 1 is 1.12 bits per heavy atom. The molecule has 0 unspecified atom stereocenters. The summed E-state index contributed by atoms with van der Waals surface area (Å²) in [7, 11) is 0. The molecule has 0 aliphatic heterocycles. The third-order valence-corrected chi connectivity index (χ3v) is 7.22. The highest BCUT2D eigenvalue weighted by atomic mass is 35.5. The Kier molecular flexibility index (Phi) is 9.49. The highest BCUT2D eigenvalue weighted by Gasteiger charge is 2.28. The molecule has 0 aromatic heterocycles. The number of hydrogen-bond acceptors (Lipinski definition) is 3. The monoisotopic (exact) mass is 472 g/mol. The van der Waals surface area contributed by atoms with Gasteiger partial charge in [0.25, 0.3) is 0 Å². The summed E-state index contributed by atoms with van der Waals surface area (Å²) in [4.78, 5) is 29.1. The largest absolute Gasteiger partial charge is 0.352 e. The van der Waals surface area contributed by atoms with Crippen molar-refractivity contribution >= 4 is 35.2 Å². The molecule has 0 bridgehead atoms. The second-order valence-electron chi connectivity index (χ2n) is 8.58. The standard InChI is InChI=1S/C26H33ClN2O2S/c1-19-11-13-24(14-12-19)32-16-15-25(30)29(18-21-7-6-8-22(27)17-21)20(2)26(31)28-23-9-4-3-5-10-23/h6-8,11-14,17,20,23H,3-5,9-10,15-16,18H2,1-2H3,(H,28,31)/t20-/m1/s1. The van der Waals surface area contributed by atoms with Gasteiger partial charge in [-0.05, 0) is 56.5 Å². The molecule has 2 aromatic rings. The molecule has 1 aliphatic rings. The molecular formula is C26H33ClN2O2S. The van der Waals surface area contributed by atoms with Crippen LogP contribution in [-0.2, 0) is 16.1 Å². The first-order chi connectivity index (χ1) is 15.4. The first-order valence-electron chi connectivity index (χ1n) is 11.5. The van der Waals surface area contributed by atoms with Crippen molar-refractivity contribution in [3.05, 3.63) is 64.7 Å². The van der Waals surface area contributed by atoms with Gasteiger partial charge in [-0.2, -0.15) is 0 Å². The molecule has 1 saturated carbocycles. The van der Waals surface area contributed by atoms with Crippen LogP contribution in [0.15, 0.2) is 53.4 Å². The van der Waals surface area contributed by atoms with Crippen molar-refractivity contribution in [1.82, 2.24) is 10.2 Å². The lowest BCUT2D eigenvalue weighted by molar-refractivity contribution is -0.140. The van der Waals surface area contributed by atoms with Gasteiger partial charge in [-0.25, -0.2) is 0 Å². The topological polar surface area (TPSA) is 49.4 Å². The van der Waals surface area contributed by atoms with Gasteiger partial charge in [0.1, 0.15) is 6.04 Å². The van der Waals surface area contributed by atoms with Crippen LogP contribution in [0.2, 0.25) is 5.02 Å². The summed E-state index contributed by atoms with van der Waals surface area (Å²) in [6.07, 6.45) is 5.96. The number of nitrogens with zero attached hydrogens (tertiary/aromatic N) is 1. The van der Waals surface area contributed by atoms with E-state index in [1.807, 2.05) is 31.2 Å². The Morgan fingerprint density at radius 2 is 1.84 bits per heavy atom. The van der Waals surface area contributed by atoms with Gasteiger partial charge in [0, 0.05) is 34.7 Å². The van der Waals surface area contributed by atoms with Crippen molar-refractivity contribution in [2.45, 2.75) is 75.9 Å². The summed E-state index contributed by atoms with van der Waals surface area (Å²) in [6, 6.07) is 15.5. The fourth-order valence-corrected chi connectivity index (χ4v) is 5.07. The normalized spacial score (nSPS) is 15.2. The minimum absolute atomic E-state index is 0.0177. The molecule has 32 heavy (non-hydrogen) atoms. The van der Waals surface area contributed by atoms with E-state index in [4.69, 9.17) is 11.6 Å². The molecule has 1 aliphatic carbocycles. The summed E-state index contributed by atoms with van der Waals surface area (Å²) in [5.74, 6) is 0.583. The van der Waals surface area contributed by atoms with Crippen molar-refractivity contribution in [3.63, 3.8) is 0 Å². The maximum absolute atomic E-state index is 13.2. The van der Waals surface area contributed by atoms with Gasteiger partial charge < -0.3 is 10.2 Å². The van der Waals surface area contributed by atoms with Crippen LogP contribution >= 0.6 is 23.4 Å². The number of rotatable bonds is 9. The molecule has 4 nitrogen and oxygen atoms in total. The third-order valence-electron chi connectivity index (χ3n) is 5.97. The van der Waals surface area contributed by atoms with Crippen molar-refractivity contribution in [3.8, 4) is 0 Å². The van der Waals surface area contributed by atoms with E-state index in [9.17, 15) is 9.59 Å². The molecule has 0 heterocycles. The Labute approximate surface area is 201 Å². The van der Waals surface area contributed by atoms with Crippen LogP contribution in [0.3, 0.4) is 0 Å². The summed E-state index contributed by atoms with van der Waals surface area (Å²) < 4.78 is 0. The Hall–Kier alpha value is -1.98. The molecule has 0 spiro atoms. The molecule has 2 aromatic carbocycles. The second-order valence-corrected chi connectivity index (χ2v) is 10.2. The smallest absolute Gasteiger partial charge is 0.242 e. The van der Waals surface area contributed by atoms with Gasteiger partial charge in [-0.15, -0.1) is 11.8 Å². The van der Waals surface area contributed by atoms with Crippen LogP contribution in [0.5, 0.6) is 0 Å².